The Morgan fingerprint density at radius 2 is 1.96 bits per heavy atom. The lowest BCUT2D eigenvalue weighted by Gasteiger charge is -2.15. The molecule has 0 saturated carbocycles. The maximum atomic E-state index is 10.2. The molecule has 1 atom stereocenters. The molecule has 2 aromatic carbocycles. The molecule has 0 aliphatic heterocycles. The summed E-state index contributed by atoms with van der Waals surface area (Å²) in [4.78, 5) is 0.454. The van der Waals surface area contributed by atoms with Crippen LogP contribution in [-0.2, 0) is 12.8 Å². The van der Waals surface area contributed by atoms with Gasteiger partial charge in [-0.05, 0) is 29.7 Å². The Hall–Kier alpha value is -2.55. The monoisotopic (exact) mass is 369 g/mol. The van der Waals surface area contributed by atoms with Gasteiger partial charge in [0.05, 0.1) is 7.11 Å². The van der Waals surface area contributed by atoms with Gasteiger partial charge < -0.3 is 19.9 Å². The predicted octanol–water partition coefficient (Wildman–Crippen LogP) is 2.77. The summed E-state index contributed by atoms with van der Waals surface area (Å²) in [5.74, 6) is 3.70. The van der Waals surface area contributed by atoms with Gasteiger partial charge in [0.2, 0.25) is 0 Å². The summed E-state index contributed by atoms with van der Waals surface area (Å²) < 4.78 is 10.8. The van der Waals surface area contributed by atoms with Crippen LogP contribution in [0.15, 0.2) is 48.5 Å². The van der Waals surface area contributed by atoms with Crippen molar-refractivity contribution in [3.05, 3.63) is 59.7 Å². The van der Waals surface area contributed by atoms with Crippen LogP contribution in [0.5, 0.6) is 11.5 Å². The topological polar surface area (TPSA) is 50.7 Å². The van der Waals surface area contributed by atoms with Crippen molar-refractivity contribution < 1.29 is 14.6 Å². The molecule has 0 radical (unpaired) electrons. The fourth-order valence-electron chi connectivity index (χ4n) is 2.48. The molecule has 0 fully saturated rings. The number of nitrogens with one attached hydrogen (secondary N) is 1. The quantitative estimate of drug-likeness (QED) is 0.526. The third kappa shape index (κ3) is 6.07. The van der Waals surface area contributed by atoms with Crippen molar-refractivity contribution in [3.63, 3.8) is 0 Å². The van der Waals surface area contributed by atoms with Crippen LogP contribution >= 0.6 is 12.2 Å². The molecule has 0 aromatic heterocycles. The van der Waals surface area contributed by atoms with E-state index in [1.165, 1.54) is 0 Å². The maximum Gasteiger partial charge on any atom is 0.162 e. The molecule has 2 rings (SSSR count). The molecule has 1 unspecified atom stereocenters. The lowest BCUT2D eigenvalue weighted by Crippen LogP contribution is -2.35. The van der Waals surface area contributed by atoms with E-state index in [1.807, 2.05) is 48.5 Å². The van der Waals surface area contributed by atoms with E-state index < -0.39 is 6.10 Å². The lowest BCUT2D eigenvalue weighted by molar-refractivity contribution is 0.240. The van der Waals surface area contributed by atoms with E-state index in [4.69, 9.17) is 28.1 Å². The van der Waals surface area contributed by atoms with Gasteiger partial charge in [0.25, 0.3) is 0 Å². The number of aliphatic hydroxyl groups excluding tert-OH is 1. The maximum absolute atomic E-state index is 10.2. The molecular weight excluding hydrogens is 346 g/mol. The van der Waals surface area contributed by atoms with Crippen LogP contribution in [0.3, 0.4) is 0 Å². The Balaban J connectivity index is 1.83. The first-order valence-corrected chi connectivity index (χ1v) is 8.77. The van der Waals surface area contributed by atoms with Gasteiger partial charge in [0, 0.05) is 13.0 Å². The van der Waals surface area contributed by atoms with Crippen LogP contribution in [-0.4, -0.2) is 36.5 Å². The second kappa shape index (κ2) is 10.4. The summed E-state index contributed by atoms with van der Waals surface area (Å²) in [6, 6.07) is 15.5. The van der Waals surface area contributed by atoms with E-state index in [9.17, 15) is 5.11 Å². The summed E-state index contributed by atoms with van der Waals surface area (Å²) in [6.45, 7) is 0.823. The van der Waals surface area contributed by atoms with Gasteiger partial charge in [0.15, 0.2) is 11.5 Å². The first kappa shape index (κ1) is 19.8. The van der Waals surface area contributed by atoms with Gasteiger partial charge in [-0.25, -0.2) is 0 Å². The Bertz CT molecular complexity index is 756. The van der Waals surface area contributed by atoms with Gasteiger partial charge in [-0.1, -0.05) is 54.5 Å². The molecule has 4 nitrogen and oxygen atoms in total. The number of ether oxygens (including phenoxy) is 2. The highest BCUT2D eigenvalue weighted by molar-refractivity contribution is 7.80. The Labute approximate surface area is 160 Å². The zero-order valence-corrected chi connectivity index (χ0v) is 15.6. The summed E-state index contributed by atoms with van der Waals surface area (Å²) in [7, 11) is 1.59. The first-order chi connectivity index (χ1) is 12.6. The number of thiocarbonyl (C=S) groups is 1. The van der Waals surface area contributed by atoms with Crippen LogP contribution in [0, 0.1) is 12.3 Å². The average Bonchev–Trinajstić information content (AvgIpc) is 2.67. The van der Waals surface area contributed by atoms with E-state index in [0.717, 1.165) is 17.5 Å². The summed E-state index contributed by atoms with van der Waals surface area (Å²) in [5, 5.41) is 13.3. The van der Waals surface area contributed by atoms with E-state index in [1.54, 1.807) is 7.11 Å². The number of methoxy groups -OCH3 is 1. The number of hydrogen-bond donors (Lipinski definition) is 2. The van der Waals surface area contributed by atoms with Crippen LogP contribution in [0.1, 0.15) is 11.1 Å². The minimum absolute atomic E-state index is 0.199. The van der Waals surface area contributed by atoms with Gasteiger partial charge in [-0.3, -0.25) is 0 Å². The molecular formula is C21H23NO3S. The van der Waals surface area contributed by atoms with Crippen molar-refractivity contribution in [2.75, 3.05) is 20.3 Å². The third-order valence-electron chi connectivity index (χ3n) is 3.83. The number of hydrogen-bond acceptors (Lipinski definition) is 4. The highest BCUT2D eigenvalue weighted by atomic mass is 32.1. The highest BCUT2D eigenvalue weighted by Crippen LogP contribution is 2.28. The molecule has 2 N–H and O–H groups in total. The number of rotatable bonds is 9. The van der Waals surface area contributed by atoms with E-state index in [0.29, 0.717) is 29.5 Å². The number of benzene rings is 2. The summed E-state index contributed by atoms with van der Waals surface area (Å²) in [6.07, 6.45) is 5.76. The van der Waals surface area contributed by atoms with Crippen molar-refractivity contribution >= 4 is 17.2 Å². The van der Waals surface area contributed by atoms with Crippen LogP contribution in [0.2, 0.25) is 0 Å². The van der Waals surface area contributed by atoms with Crippen LogP contribution in [0.4, 0.5) is 0 Å². The molecule has 2 aromatic rings. The fraction of sp³-hybridized carbons (Fsp3) is 0.286. The normalized spacial score (nSPS) is 11.3. The van der Waals surface area contributed by atoms with E-state index in [2.05, 4.69) is 11.2 Å². The van der Waals surface area contributed by atoms with Crippen molar-refractivity contribution in [1.29, 1.82) is 0 Å². The van der Waals surface area contributed by atoms with Gasteiger partial charge in [0.1, 0.15) is 17.7 Å². The van der Waals surface area contributed by atoms with Crippen molar-refractivity contribution in [3.8, 4) is 23.8 Å². The molecule has 0 heterocycles. The Morgan fingerprint density at radius 1 is 1.19 bits per heavy atom. The minimum atomic E-state index is -0.693. The van der Waals surface area contributed by atoms with E-state index in [-0.39, 0.29) is 6.61 Å². The van der Waals surface area contributed by atoms with Crippen molar-refractivity contribution in [2.45, 2.75) is 18.9 Å². The second-order valence-corrected chi connectivity index (χ2v) is 6.16. The molecule has 0 bridgehead atoms. The third-order valence-corrected chi connectivity index (χ3v) is 4.24. The molecule has 0 spiro atoms. The smallest absolute Gasteiger partial charge is 0.162 e. The number of terminal acetylenes is 1. The molecule has 0 amide bonds. The standard InChI is InChI=1S/C21H23NO3S/c1-3-13-25-19-10-9-17(15-20(19)24-2)11-12-22-21(26)18(23)14-16-7-5-4-6-8-16/h1,4-10,15,18,23H,11-14H2,2H3,(H,22,26). The summed E-state index contributed by atoms with van der Waals surface area (Å²) >= 11 is 5.28. The van der Waals surface area contributed by atoms with Gasteiger partial charge in [-0.2, -0.15) is 0 Å². The number of aliphatic hydroxyl groups is 1. The van der Waals surface area contributed by atoms with Crippen molar-refractivity contribution in [1.82, 2.24) is 5.32 Å². The Morgan fingerprint density at radius 3 is 2.65 bits per heavy atom. The first-order valence-electron chi connectivity index (χ1n) is 8.37. The zero-order valence-electron chi connectivity index (χ0n) is 14.8. The lowest BCUT2D eigenvalue weighted by atomic mass is 10.1. The predicted molar refractivity (Wildman–Crippen MR) is 108 cm³/mol. The van der Waals surface area contributed by atoms with Crippen LogP contribution < -0.4 is 14.8 Å². The molecule has 0 aliphatic rings. The summed E-state index contributed by atoms with van der Waals surface area (Å²) in [5.41, 5.74) is 2.12. The zero-order chi connectivity index (χ0) is 18.8. The molecule has 5 heteroatoms. The van der Waals surface area contributed by atoms with Gasteiger partial charge in [-0.15, -0.1) is 6.42 Å². The molecule has 0 saturated heterocycles. The fourth-order valence-corrected chi connectivity index (χ4v) is 2.67. The van der Waals surface area contributed by atoms with Crippen LogP contribution in [0.25, 0.3) is 0 Å². The average molecular weight is 369 g/mol. The largest absolute Gasteiger partial charge is 0.493 e. The molecule has 26 heavy (non-hydrogen) atoms. The van der Waals surface area contributed by atoms with Gasteiger partial charge >= 0.3 is 0 Å². The molecule has 136 valence electrons. The van der Waals surface area contributed by atoms with E-state index >= 15 is 0 Å². The highest BCUT2D eigenvalue weighted by Gasteiger charge is 2.11. The Kier molecular flexibility index (Phi) is 7.94. The SMILES string of the molecule is C#CCOc1ccc(CCNC(=S)C(O)Cc2ccccc2)cc1OC. The minimum Gasteiger partial charge on any atom is -0.493 e. The van der Waals surface area contributed by atoms with Crippen molar-refractivity contribution in [2.24, 2.45) is 0 Å². The molecule has 0 aliphatic carbocycles. The second-order valence-electron chi connectivity index (χ2n) is 5.72.